The molecule has 0 aliphatic carbocycles. The van der Waals surface area contributed by atoms with Gasteiger partial charge < -0.3 is 10.6 Å². The number of sulfonamides is 1. The van der Waals surface area contributed by atoms with Gasteiger partial charge in [-0.3, -0.25) is 4.79 Å². The first-order chi connectivity index (χ1) is 15.8. The Morgan fingerprint density at radius 2 is 1.39 bits per heavy atom. The van der Waals surface area contributed by atoms with Crippen molar-refractivity contribution in [2.45, 2.75) is 11.8 Å². The van der Waals surface area contributed by atoms with Crippen molar-refractivity contribution in [3.8, 4) is 0 Å². The number of benzene rings is 4. The van der Waals surface area contributed by atoms with Gasteiger partial charge in [-0.05, 0) is 71.8 Å². The molecule has 0 bridgehead atoms. The van der Waals surface area contributed by atoms with Gasteiger partial charge in [0.1, 0.15) is 0 Å². The summed E-state index contributed by atoms with van der Waals surface area (Å²) in [5.74, 6) is -0.722. The monoisotopic (exact) mass is 459 g/mol. The minimum atomic E-state index is -4.09. The highest BCUT2D eigenvalue weighted by molar-refractivity contribution is 7.90. The summed E-state index contributed by atoms with van der Waals surface area (Å²) < 4.78 is 27.4. The molecule has 3 N–H and O–H groups in total. The normalized spacial score (nSPS) is 11.1. The van der Waals surface area contributed by atoms with Gasteiger partial charge >= 0.3 is 6.03 Å². The van der Waals surface area contributed by atoms with Gasteiger partial charge in [0.2, 0.25) is 0 Å². The quantitative estimate of drug-likeness (QED) is 0.394. The van der Waals surface area contributed by atoms with Crippen LogP contribution in [0.15, 0.2) is 95.9 Å². The fraction of sp³-hybridized carbons (Fsp3) is 0.0400. The van der Waals surface area contributed by atoms with Crippen molar-refractivity contribution < 1.29 is 18.0 Å². The van der Waals surface area contributed by atoms with E-state index in [1.807, 2.05) is 49.4 Å². The number of carbonyl (C=O) groups is 2. The molecule has 8 heteroatoms. The molecule has 0 unspecified atom stereocenters. The van der Waals surface area contributed by atoms with Crippen LogP contribution in [0.2, 0.25) is 0 Å². The number of hydrogen-bond acceptors (Lipinski definition) is 4. The van der Waals surface area contributed by atoms with E-state index in [9.17, 15) is 18.0 Å². The molecule has 0 aromatic heterocycles. The van der Waals surface area contributed by atoms with Crippen molar-refractivity contribution in [2.24, 2.45) is 0 Å². The van der Waals surface area contributed by atoms with Crippen molar-refractivity contribution in [3.05, 3.63) is 102 Å². The van der Waals surface area contributed by atoms with E-state index in [2.05, 4.69) is 15.4 Å². The van der Waals surface area contributed by atoms with E-state index < -0.39 is 22.0 Å². The van der Waals surface area contributed by atoms with Gasteiger partial charge in [0.15, 0.2) is 0 Å². The first kappa shape index (κ1) is 22.0. The number of urea groups is 1. The van der Waals surface area contributed by atoms with E-state index in [4.69, 9.17) is 0 Å². The second-order valence-corrected chi connectivity index (χ2v) is 9.15. The van der Waals surface area contributed by atoms with E-state index in [1.165, 1.54) is 24.3 Å². The topological polar surface area (TPSA) is 104 Å². The summed E-state index contributed by atoms with van der Waals surface area (Å²) >= 11 is 0. The maximum Gasteiger partial charge on any atom is 0.323 e. The predicted molar refractivity (Wildman–Crippen MR) is 129 cm³/mol. The van der Waals surface area contributed by atoms with Crippen LogP contribution in [-0.4, -0.2) is 20.4 Å². The van der Waals surface area contributed by atoms with Crippen LogP contribution in [-0.2, 0) is 10.0 Å². The summed E-state index contributed by atoms with van der Waals surface area (Å²) in [5.41, 5.74) is 2.29. The van der Waals surface area contributed by atoms with Crippen molar-refractivity contribution in [1.29, 1.82) is 0 Å². The molecular weight excluding hydrogens is 438 g/mol. The van der Waals surface area contributed by atoms with E-state index in [0.717, 1.165) is 16.3 Å². The number of nitrogens with one attached hydrogen (secondary N) is 3. The zero-order chi connectivity index (χ0) is 23.4. The van der Waals surface area contributed by atoms with E-state index in [1.54, 1.807) is 24.3 Å². The number of amides is 3. The van der Waals surface area contributed by atoms with Crippen LogP contribution < -0.4 is 15.4 Å². The second-order valence-electron chi connectivity index (χ2n) is 7.47. The van der Waals surface area contributed by atoms with Crippen LogP contribution in [0.5, 0.6) is 0 Å². The predicted octanol–water partition coefficient (Wildman–Crippen LogP) is 4.91. The Kier molecular flexibility index (Phi) is 6.10. The number of fused-ring (bicyclic) bond motifs is 1. The van der Waals surface area contributed by atoms with Crippen molar-refractivity contribution in [2.75, 3.05) is 10.6 Å². The highest BCUT2D eigenvalue weighted by atomic mass is 32.2. The molecule has 0 aliphatic heterocycles. The average molecular weight is 460 g/mol. The summed E-state index contributed by atoms with van der Waals surface area (Å²) in [6.07, 6.45) is 0. The standard InChI is InChI=1S/C25H21N3O4S/c1-17-5-4-8-22(15-17)27-25(30)26-21-11-13-23(14-12-21)33(31,32)28-24(29)20-10-9-18-6-2-3-7-19(18)16-20/h2-16H,1H3,(H,28,29)(H2,26,27,30). The third-order valence-corrected chi connectivity index (χ3v) is 6.28. The maximum atomic E-state index is 12.7. The average Bonchev–Trinajstić information content (AvgIpc) is 2.78. The summed E-state index contributed by atoms with van der Waals surface area (Å²) in [4.78, 5) is 24.6. The summed E-state index contributed by atoms with van der Waals surface area (Å²) in [6, 6.07) is 24.9. The molecule has 33 heavy (non-hydrogen) atoms. The largest absolute Gasteiger partial charge is 0.323 e. The van der Waals surface area contributed by atoms with Gasteiger partial charge in [-0.2, -0.15) is 0 Å². The number of aryl methyl sites for hydroxylation is 1. The highest BCUT2D eigenvalue weighted by Crippen LogP contribution is 2.18. The molecular formula is C25H21N3O4S. The van der Waals surface area contributed by atoms with Gasteiger partial charge in [-0.25, -0.2) is 17.9 Å². The summed E-state index contributed by atoms with van der Waals surface area (Å²) in [6.45, 7) is 1.92. The molecule has 4 rings (SSSR count). The van der Waals surface area contributed by atoms with Gasteiger partial charge in [0.25, 0.3) is 15.9 Å². The van der Waals surface area contributed by atoms with Crippen LogP contribution >= 0.6 is 0 Å². The second kappa shape index (κ2) is 9.13. The van der Waals surface area contributed by atoms with Gasteiger partial charge in [-0.15, -0.1) is 0 Å². The molecule has 0 radical (unpaired) electrons. The third kappa shape index (κ3) is 5.36. The SMILES string of the molecule is Cc1cccc(NC(=O)Nc2ccc(S(=O)(=O)NC(=O)c3ccc4ccccc4c3)cc2)c1. The number of hydrogen-bond donors (Lipinski definition) is 3. The zero-order valence-corrected chi connectivity index (χ0v) is 18.5. The first-order valence-corrected chi connectivity index (χ1v) is 11.6. The molecule has 3 amide bonds. The number of carbonyl (C=O) groups excluding carboxylic acids is 2. The lowest BCUT2D eigenvalue weighted by molar-refractivity contribution is 0.0981. The van der Waals surface area contributed by atoms with Gasteiger partial charge in [-0.1, -0.05) is 42.5 Å². The maximum absolute atomic E-state index is 12.7. The van der Waals surface area contributed by atoms with E-state index in [-0.39, 0.29) is 10.5 Å². The molecule has 0 spiro atoms. The Morgan fingerprint density at radius 3 is 2.12 bits per heavy atom. The lowest BCUT2D eigenvalue weighted by atomic mass is 10.1. The van der Waals surface area contributed by atoms with Gasteiger partial charge in [0, 0.05) is 16.9 Å². The Labute approximate surface area is 191 Å². The molecule has 4 aromatic carbocycles. The molecule has 0 saturated heterocycles. The Morgan fingerprint density at radius 1 is 0.697 bits per heavy atom. The molecule has 7 nitrogen and oxygen atoms in total. The Hall–Kier alpha value is -4.17. The van der Waals surface area contributed by atoms with Crippen molar-refractivity contribution >= 4 is 44.1 Å². The van der Waals surface area contributed by atoms with Crippen LogP contribution in [0.4, 0.5) is 16.2 Å². The van der Waals surface area contributed by atoms with Crippen LogP contribution in [0.25, 0.3) is 10.8 Å². The molecule has 4 aromatic rings. The lowest BCUT2D eigenvalue weighted by Gasteiger charge is -2.10. The molecule has 0 fully saturated rings. The Bertz CT molecular complexity index is 1450. The van der Waals surface area contributed by atoms with Gasteiger partial charge in [0.05, 0.1) is 4.90 Å². The highest BCUT2D eigenvalue weighted by Gasteiger charge is 2.19. The van der Waals surface area contributed by atoms with E-state index in [0.29, 0.717) is 11.4 Å². The fourth-order valence-corrected chi connectivity index (χ4v) is 4.28. The number of anilines is 2. The zero-order valence-electron chi connectivity index (χ0n) is 17.7. The molecule has 166 valence electrons. The lowest BCUT2D eigenvalue weighted by Crippen LogP contribution is -2.30. The van der Waals surface area contributed by atoms with Crippen LogP contribution in [0.1, 0.15) is 15.9 Å². The first-order valence-electron chi connectivity index (χ1n) is 10.1. The fourth-order valence-electron chi connectivity index (χ4n) is 3.30. The Balaban J connectivity index is 1.42. The molecule has 0 aliphatic rings. The minimum absolute atomic E-state index is 0.0960. The van der Waals surface area contributed by atoms with E-state index >= 15 is 0 Å². The number of rotatable bonds is 5. The summed E-state index contributed by atoms with van der Waals surface area (Å²) in [7, 11) is -4.09. The summed E-state index contributed by atoms with van der Waals surface area (Å²) in [5, 5.41) is 7.13. The smallest absolute Gasteiger partial charge is 0.308 e. The van der Waals surface area contributed by atoms with Crippen LogP contribution in [0.3, 0.4) is 0 Å². The van der Waals surface area contributed by atoms with Crippen molar-refractivity contribution in [3.63, 3.8) is 0 Å². The van der Waals surface area contributed by atoms with Crippen LogP contribution in [0, 0.1) is 6.92 Å². The van der Waals surface area contributed by atoms with Crippen molar-refractivity contribution in [1.82, 2.24) is 4.72 Å². The third-order valence-electron chi connectivity index (χ3n) is 4.94. The molecule has 0 saturated carbocycles. The molecule has 0 heterocycles. The minimum Gasteiger partial charge on any atom is -0.308 e. The molecule has 0 atom stereocenters.